The van der Waals surface area contributed by atoms with E-state index in [1.807, 2.05) is 6.26 Å². The molecule has 0 saturated heterocycles. The van der Waals surface area contributed by atoms with Gasteiger partial charge in [0, 0.05) is 0 Å². The highest BCUT2D eigenvalue weighted by molar-refractivity contribution is 7.98. The van der Waals surface area contributed by atoms with Crippen LogP contribution in [-0.2, 0) is 9.53 Å². The maximum atomic E-state index is 12.2. The number of nitrogens with one attached hydrogen (secondary N) is 2. The zero-order chi connectivity index (χ0) is 18.1. The number of halogens is 1. The highest BCUT2D eigenvalue weighted by Crippen LogP contribution is 2.14. The van der Waals surface area contributed by atoms with Gasteiger partial charge < -0.3 is 10.1 Å². The third-order valence-electron chi connectivity index (χ3n) is 2.90. The smallest absolute Gasteiger partial charge is 0.328 e. The van der Waals surface area contributed by atoms with Crippen LogP contribution in [0.5, 0.6) is 0 Å². The molecular formula is C16H21ClN2O3S2. The minimum atomic E-state index is -0.612. The summed E-state index contributed by atoms with van der Waals surface area (Å²) in [7, 11) is 0. The van der Waals surface area contributed by atoms with E-state index in [1.165, 1.54) is 0 Å². The Balaban J connectivity index is 2.68. The number of carbonyl (C=O) groups is 2. The fourth-order valence-corrected chi connectivity index (χ4v) is 2.74. The summed E-state index contributed by atoms with van der Waals surface area (Å²) in [6.45, 7) is 3.56. The van der Waals surface area contributed by atoms with E-state index in [2.05, 4.69) is 10.6 Å². The van der Waals surface area contributed by atoms with Crippen molar-refractivity contribution in [2.24, 2.45) is 0 Å². The first-order valence-electron chi connectivity index (χ1n) is 7.41. The number of carbonyl (C=O) groups excluding carboxylic acids is 2. The Morgan fingerprint density at radius 1 is 1.33 bits per heavy atom. The summed E-state index contributed by atoms with van der Waals surface area (Å²) in [6.07, 6.45) is 2.26. The molecule has 0 aromatic heterocycles. The quantitative estimate of drug-likeness (QED) is 0.552. The molecule has 8 heteroatoms. The van der Waals surface area contributed by atoms with E-state index < -0.39 is 17.9 Å². The Kier molecular flexibility index (Phi) is 9.10. The average Bonchev–Trinajstić information content (AvgIpc) is 2.50. The molecule has 1 aromatic carbocycles. The molecule has 0 saturated carbocycles. The van der Waals surface area contributed by atoms with E-state index in [1.54, 1.807) is 49.9 Å². The zero-order valence-corrected chi connectivity index (χ0v) is 16.2. The fraction of sp³-hybridized carbons (Fsp3) is 0.438. The molecule has 132 valence electrons. The van der Waals surface area contributed by atoms with E-state index in [4.69, 9.17) is 28.6 Å². The molecule has 1 amide bonds. The fourth-order valence-electron chi connectivity index (χ4n) is 1.81. The number of ether oxygens (including phenoxy) is 1. The summed E-state index contributed by atoms with van der Waals surface area (Å²) in [5, 5.41) is 5.77. The highest BCUT2D eigenvalue weighted by Gasteiger charge is 2.22. The number of benzene rings is 1. The molecule has 1 aromatic rings. The first-order valence-corrected chi connectivity index (χ1v) is 9.59. The van der Waals surface area contributed by atoms with Crippen LogP contribution in [0.25, 0.3) is 0 Å². The molecule has 0 aliphatic heterocycles. The van der Waals surface area contributed by atoms with Crippen LogP contribution in [0.3, 0.4) is 0 Å². The number of hydrogen-bond donors (Lipinski definition) is 2. The lowest BCUT2D eigenvalue weighted by atomic mass is 10.2. The second kappa shape index (κ2) is 10.5. The average molecular weight is 389 g/mol. The van der Waals surface area contributed by atoms with Gasteiger partial charge >= 0.3 is 5.97 Å². The molecule has 0 aliphatic rings. The second-order valence-electron chi connectivity index (χ2n) is 5.23. The van der Waals surface area contributed by atoms with E-state index >= 15 is 0 Å². The summed E-state index contributed by atoms with van der Waals surface area (Å²) in [5.41, 5.74) is 0.314. The predicted octanol–water partition coefficient (Wildman–Crippen LogP) is 3.02. The van der Waals surface area contributed by atoms with Crippen LogP contribution in [0.1, 0.15) is 30.6 Å². The van der Waals surface area contributed by atoms with Gasteiger partial charge in [-0.1, -0.05) is 23.7 Å². The monoisotopic (exact) mass is 388 g/mol. The van der Waals surface area contributed by atoms with Gasteiger partial charge in [0.1, 0.15) is 6.04 Å². The minimum Gasteiger partial charge on any atom is -0.461 e. The number of thioether (sulfide) groups is 1. The van der Waals surface area contributed by atoms with Crippen LogP contribution in [-0.4, -0.2) is 41.1 Å². The molecule has 5 nitrogen and oxygen atoms in total. The Bertz CT molecular complexity index is 596. The number of esters is 1. The van der Waals surface area contributed by atoms with Crippen molar-refractivity contribution in [3.05, 3.63) is 34.9 Å². The summed E-state index contributed by atoms with van der Waals surface area (Å²) in [4.78, 5) is 24.3. The van der Waals surface area contributed by atoms with Gasteiger partial charge in [0.2, 0.25) is 0 Å². The molecule has 1 atom stereocenters. The van der Waals surface area contributed by atoms with Crippen molar-refractivity contribution in [3.8, 4) is 0 Å². The van der Waals surface area contributed by atoms with Gasteiger partial charge in [0.25, 0.3) is 5.91 Å². The van der Waals surface area contributed by atoms with Crippen molar-refractivity contribution in [1.82, 2.24) is 10.6 Å². The third-order valence-corrected chi connectivity index (χ3v) is 4.09. The lowest BCUT2D eigenvalue weighted by molar-refractivity contribution is -0.149. The van der Waals surface area contributed by atoms with E-state index in [9.17, 15) is 9.59 Å². The molecule has 1 unspecified atom stereocenters. The molecule has 0 bridgehead atoms. The van der Waals surface area contributed by atoms with Gasteiger partial charge in [-0.3, -0.25) is 10.1 Å². The molecule has 24 heavy (non-hydrogen) atoms. The van der Waals surface area contributed by atoms with Crippen molar-refractivity contribution < 1.29 is 14.3 Å². The maximum absolute atomic E-state index is 12.2. The van der Waals surface area contributed by atoms with Gasteiger partial charge in [-0.05, 0) is 56.6 Å². The number of thiocarbonyl (C=S) groups is 1. The Morgan fingerprint density at radius 2 is 2.00 bits per heavy atom. The first kappa shape index (κ1) is 20.7. The Hall–Kier alpha value is -1.31. The summed E-state index contributed by atoms with van der Waals surface area (Å²) >= 11 is 12.7. The molecule has 0 heterocycles. The lowest BCUT2D eigenvalue weighted by Gasteiger charge is -2.20. The maximum Gasteiger partial charge on any atom is 0.328 e. The predicted molar refractivity (Wildman–Crippen MR) is 103 cm³/mol. The van der Waals surface area contributed by atoms with Crippen LogP contribution in [0.15, 0.2) is 24.3 Å². The van der Waals surface area contributed by atoms with Crippen molar-refractivity contribution in [1.29, 1.82) is 0 Å². The third kappa shape index (κ3) is 7.07. The standard InChI is InChI=1S/C16H21ClN2O3S2/c1-10(2)22-15(21)13(8-9-24-3)18-16(23)19-14(20)11-6-4-5-7-12(11)17/h4-7,10,13H,8-9H2,1-3H3,(H2,18,19,20,23). The molecule has 0 aliphatic carbocycles. The summed E-state index contributed by atoms with van der Waals surface area (Å²) < 4.78 is 5.21. The normalized spacial score (nSPS) is 11.7. The first-order chi connectivity index (χ1) is 11.3. The van der Waals surface area contributed by atoms with Gasteiger partial charge in [-0.15, -0.1) is 0 Å². The SMILES string of the molecule is CSCCC(NC(=S)NC(=O)c1ccccc1Cl)C(=O)OC(C)C. The number of rotatable bonds is 7. The van der Waals surface area contributed by atoms with Crippen molar-refractivity contribution in [3.63, 3.8) is 0 Å². The highest BCUT2D eigenvalue weighted by atomic mass is 35.5. The van der Waals surface area contributed by atoms with Crippen molar-refractivity contribution >= 4 is 52.6 Å². The van der Waals surface area contributed by atoms with Crippen LogP contribution in [0, 0.1) is 0 Å². The zero-order valence-electron chi connectivity index (χ0n) is 13.8. The molecular weight excluding hydrogens is 368 g/mol. The summed E-state index contributed by atoms with van der Waals surface area (Å²) in [5.74, 6) is -0.0707. The molecule has 0 fully saturated rings. The Labute approximate surface area is 156 Å². The minimum absolute atomic E-state index is 0.0618. The van der Waals surface area contributed by atoms with E-state index in [-0.39, 0.29) is 11.2 Å². The van der Waals surface area contributed by atoms with Crippen LogP contribution in [0.2, 0.25) is 5.02 Å². The second-order valence-corrected chi connectivity index (χ2v) is 7.03. The van der Waals surface area contributed by atoms with Crippen LogP contribution < -0.4 is 10.6 Å². The molecule has 0 radical (unpaired) electrons. The van der Waals surface area contributed by atoms with E-state index in [0.717, 1.165) is 5.75 Å². The van der Waals surface area contributed by atoms with Gasteiger partial charge in [-0.25, -0.2) is 4.79 Å². The molecule has 0 spiro atoms. The lowest BCUT2D eigenvalue weighted by Crippen LogP contribution is -2.48. The number of amides is 1. The molecule has 1 rings (SSSR count). The Morgan fingerprint density at radius 3 is 2.58 bits per heavy atom. The molecule has 2 N–H and O–H groups in total. The summed E-state index contributed by atoms with van der Waals surface area (Å²) in [6, 6.07) is 6.04. The van der Waals surface area contributed by atoms with Gasteiger partial charge in [0.05, 0.1) is 16.7 Å². The largest absolute Gasteiger partial charge is 0.461 e. The van der Waals surface area contributed by atoms with Crippen molar-refractivity contribution in [2.75, 3.05) is 12.0 Å². The number of hydrogen-bond acceptors (Lipinski definition) is 5. The van der Waals surface area contributed by atoms with Gasteiger partial charge in [0.15, 0.2) is 5.11 Å². The van der Waals surface area contributed by atoms with Crippen molar-refractivity contribution in [2.45, 2.75) is 32.4 Å². The topological polar surface area (TPSA) is 67.4 Å². The van der Waals surface area contributed by atoms with Crippen LogP contribution >= 0.6 is 35.6 Å². The van der Waals surface area contributed by atoms with Gasteiger partial charge in [-0.2, -0.15) is 11.8 Å². The van der Waals surface area contributed by atoms with E-state index in [0.29, 0.717) is 17.0 Å². The van der Waals surface area contributed by atoms with Crippen LogP contribution in [0.4, 0.5) is 0 Å².